The highest BCUT2D eigenvalue weighted by Gasteiger charge is 2.02. The van der Waals surface area contributed by atoms with E-state index in [1.54, 1.807) is 0 Å². The maximum absolute atomic E-state index is 3.88. The molecule has 0 unspecified atom stereocenters. The fraction of sp³-hybridized carbons (Fsp3) is 0.154. The van der Waals surface area contributed by atoms with E-state index < -0.39 is 0 Å². The van der Waals surface area contributed by atoms with Gasteiger partial charge in [-0.15, -0.1) is 0 Å². The van der Waals surface area contributed by atoms with Crippen LogP contribution in [0.2, 0.25) is 0 Å². The Balaban J connectivity index is 2.63. The molecule has 1 radical (unpaired) electrons. The van der Waals surface area contributed by atoms with Crippen molar-refractivity contribution in [3.8, 4) is 0 Å². The molecule has 0 N–H and O–H groups in total. The Labute approximate surface area is 93.1 Å². The van der Waals surface area contributed by atoms with Gasteiger partial charge in [-0.25, -0.2) is 0 Å². The van der Waals surface area contributed by atoms with Crippen molar-refractivity contribution in [2.45, 2.75) is 12.8 Å². The van der Waals surface area contributed by atoms with Gasteiger partial charge in [-0.2, -0.15) is 0 Å². The van der Waals surface area contributed by atoms with Gasteiger partial charge in [0.15, 0.2) is 0 Å². The quantitative estimate of drug-likeness (QED) is 0.740. The summed E-state index contributed by atoms with van der Waals surface area (Å²) in [5.41, 5.74) is 1.35. The van der Waals surface area contributed by atoms with Gasteiger partial charge in [0, 0.05) is 4.47 Å². The number of benzene rings is 2. The highest BCUT2D eigenvalue weighted by Crippen LogP contribution is 2.28. The zero-order valence-corrected chi connectivity index (χ0v) is 9.55. The summed E-state index contributed by atoms with van der Waals surface area (Å²) in [6.45, 7) is 3.88. The van der Waals surface area contributed by atoms with Gasteiger partial charge < -0.3 is 0 Å². The molecule has 0 saturated heterocycles. The first-order valence-electron chi connectivity index (χ1n) is 4.78. The van der Waals surface area contributed by atoms with Gasteiger partial charge in [-0.3, -0.25) is 0 Å². The standard InChI is InChI=1S/C13H12Br/c1-2-5-11-9-8-10-6-3-4-7-12(10)13(11)14/h3-4,6-9H,1-2,5H2. The second kappa shape index (κ2) is 4.14. The van der Waals surface area contributed by atoms with Crippen LogP contribution in [0.4, 0.5) is 0 Å². The topological polar surface area (TPSA) is 0 Å². The number of halogens is 1. The number of hydrogen-bond acceptors (Lipinski definition) is 0. The maximum Gasteiger partial charge on any atom is 0.0285 e. The van der Waals surface area contributed by atoms with Crippen LogP contribution in [0.15, 0.2) is 40.9 Å². The van der Waals surface area contributed by atoms with Crippen LogP contribution in [0.5, 0.6) is 0 Å². The molecule has 2 aromatic rings. The monoisotopic (exact) mass is 247 g/mol. The van der Waals surface area contributed by atoms with Crippen LogP contribution in [0.25, 0.3) is 10.8 Å². The van der Waals surface area contributed by atoms with Crippen LogP contribution >= 0.6 is 15.9 Å². The zero-order chi connectivity index (χ0) is 9.97. The predicted molar refractivity (Wildman–Crippen MR) is 65.3 cm³/mol. The Morgan fingerprint density at radius 1 is 1.07 bits per heavy atom. The number of hydrogen-bond donors (Lipinski definition) is 0. The van der Waals surface area contributed by atoms with Crippen molar-refractivity contribution >= 4 is 26.7 Å². The van der Waals surface area contributed by atoms with Gasteiger partial charge in [0.25, 0.3) is 0 Å². The summed E-state index contributed by atoms with van der Waals surface area (Å²) in [5, 5.41) is 2.57. The van der Waals surface area contributed by atoms with Crippen LogP contribution in [0.3, 0.4) is 0 Å². The molecule has 71 valence electrons. The molecule has 2 rings (SSSR count). The van der Waals surface area contributed by atoms with Crippen molar-refractivity contribution < 1.29 is 0 Å². The van der Waals surface area contributed by atoms with E-state index in [0.29, 0.717) is 0 Å². The first-order chi connectivity index (χ1) is 6.83. The van der Waals surface area contributed by atoms with Crippen molar-refractivity contribution in [2.75, 3.05) is 0 Å². The Morgan fingerprint density at radius 2 is 1.86 bits per heavy atom. The fourth-order valence-electron chi connectivity index (χ4n) is 1.66. The summed E-state index contributed by atoms with van der Waals surface area (Å²) < 4.78 is 1.22. The van der Waals surface area contributed by atoms with Gasteiger partial charge in [0.2, 0.25) is 0 Å². The minimum Gasteiger partial charge on any atom is -0.0616 e. The molecule has 0 aromatic heterocycles. The number of rotatable bonds is 2. The van der Waals surface area contributed by atoms with E-state index in [1.165, 1.54) is 20.8 Å². The minimum absolute atomic E-state index is 0.941. The first kappa shape index (κ1) is 9.72. The van der Waals surface area contributed by atoms with Crippen LogP contribution in [-0.4, -0.2) is 0 Å². The van der Waals surface area contributed by atoms with E-state index in [-0.39, 0.29) is 0 Å². The molecule has 0 bridgehead atoms. The van der Waals surface area contributed by atoms with E-state index in [9.17, 15) is 0 Å². The molecule has 0 atom stereocenters. The van der Waals surface area contributed by atoms with Crippen molar-refractivity contribution in [1.29, 1.82) is 0 Å². The fourth-order valence-corrected chi connectivity index (χ4v) is 2.35. The third-order valence-corrected chi connectivity index (χ3v) is 3.33. The molecule has 0 spiro atoms. The molecule has 14 heavy (non-hydrogen) atoms. The lowest BCUT2D eigenvalue weighted by atomic mass is 10.0. The molecule has 0 aliphatic carbocycles. The van der Waals surface area contributed by atoms with E-state index in [2.05, 4.69) is 59.3 Å². The van der Waals surface area contributed by atoms with Gasteiger partial charge in [-0.1, -0.05) is 43.3 Å². The summed E-state index contributed by atoms with van der Waals surface area (Å²) in [6, 6.07) is 12.8. The van der Waals surface area contributed by atoms with Crippen LogP contribution < -0.4 is 0 Å². The second-order valence-electron chi connectivity index (χ2n) is 3.36. The Bertz CT molecular complexity index is 446. The van der Waals surface area contributed by atoms with E-state index in [1.807, 2.05) is 0 Å². The molecule has 2 aromatic carbocycles. The summed E-state index contributed by atoms with van der Waals surface area (Å²) >= 11 is 3.66. The van der Waals surface area contributed by atoms with Crippen LogP contribution in [0, 0.1) is 6.92 Å². The summed E-state index contributed by atoms with van der Waals surface area (Å²) in [6.07, 6.45) is 1.97. The van der Waals surface area contributed by atoms with E-state index in [4.69, 9.17) is 0 Å². The number of fused-ring (bicyclic) bond motifs is 1. The predicted octanol–water partition coefficient (Wildman–Crippen LogP) is 4.37. The molecule has 0 aliphatic heterocycles. The highest BCUT2D eigenvalue weighted by molar-refractivity contribution is 9.10. The molecule has 0 aliphatic rings. The second-order valence-corrected chi connectivity index (χ2v) is 4.16. The minimum atomic E-state index is 0.941. The molecule has 0 saturated carbocycles. The molecule has 0 heterocycles. The lowest BCUT2D eigenvalue weighted by Gasteiger charge is -2.06. The maximum atomic E-state index is 3.88. The third kappa shape index (κ3) is 1.69. The zero-order valence-electron chi connectivity index (χ0n) is 7.96. The van der Waals surface area contributed by atoms with Crippen molar-refractivity contribution in [3.63, 3.8) is 0 Å². The van der Waals surface area contributed by atoms with Gasteiger partial charge >= 0.3 is 0 Å². The molecular weight excluding hydrogens is 236 g/mol. The van der Waals surface area contributed by atoms with Crippen molar-refractivity contribution in [2.24, 2.45) is 0 Å². The molecule has 0 nitrogen and oxygen atoms in total. The smallest absolute Gasteiger partial charge is 0.0285 e. The molecule has 0 fully saturated rings. The van der Waals surface area contributed by atoms with E-state index in [0.717, 1.165) is 12.8 Å². The molecular formula is C13H12Br. The average molecular weight is 248 g/mol. The molecule has 1 heteroatoms. The van der Waals surface area contributed by atoms with E-state index >= 15 is 0 Å². The summed E-state index contributed by atoms with van der Waals surface area (Å²) in [7, 11) is 0. The van der Waals surface area contributed by atoms with Crippen LogP contribution in [0.1, 0.15) is 12.0 Å². The average Bonchev–Trinajstić information content (AvgIpc) is 2.23. The Kier molecular flexibility index (Phi) is 2.87. The van der Waals surface area contributed by atoms with Gasteiger partial charge in [0.05, 0.1) is 0 Å². The lowest BCUT2D eigenvalue weighted by Crippen LogP contribution is -1.86. The summed E-state index contributed by atoms with van der Waals surface area (Å²) in [5.74, 6) is 0. The van der Waals surface area contributed by atoms with Gasteiger partial charge in [-0.05, 0) is 45.1 Å². The highest BCUT2D eigenvalue weighted by atomic mass is 79.9. The van der Waals surface area contributed by atoms with Crippen molar-refractivity contribution in [1.82, 2.24) is 0 Å². The lowest BCUT2D eigenvalue weighted by molar-refractivity contribution is 0.996. The first-order valence-corrected chi connectivity index (χ1v) is 5.57. The molecule has 0 amide bonds. The summed E-state index contributed by atoms with van der Waals surface area (Å²) in [4.78, 5) is 0. The van der Waals surface area contributed by atoms with Crippen molar-refractivity contribution in [3.05, 3.63) is 53.4 Å². The van der Waals surface area contributed by atoms with Gasteiger partial charge in [0.1, 0.15) is 0 Å². The third-order valence-electron chi connectivity index (χ3n) is 2.39. The Morgan fingerprint density at radius 3 is 2.64 bits per heavy atom. The van der Waals surface area contributed by atoms with Crippen LogP contribution in [-0.2, 0) is 6.42 Å². The SMILES string of the molecule is [CH2]CCc1ccc2ccccc2c1Br. The normalized spacial score (nSPS) is 10.7. The largest absolute Gasteiger partial charge is 0.0616 e. The Hall–Kier alpha value is -0.820. The number of aryl methyl sites for hydroxylation is 1.